The molecule has 6 nitrogen and oxygen atoms in total. The average molecular weight is 429 g/mol. The molecule has 24 heavy (non-hydrogen) atoms. The number of rotatable bonds is 3. The molecule has 0 bridgehead atoms. The third kappa shape index (κ3) is 2.67. The molecule has 0 atom stereocenters. The number of halogens is 1. The summed E-state index contributed by atoms with van der Waals surface area (Å²) in [7, 11) is 0. The Labute approximate surface area is 151 Å². The lowest BCUT2D eigenvalue weighted by Gasteiger charge is -2.06. The number of nitrogens with two attached hydrogens (primary N) is 1. The van der Waals surface area contributed by atoms with Crippen molar-refractivity contribution in [3.63, 3.8) is 0 Å². The van der Waals surface area contributed by atoms with Crippen molar-refractivity contribution in [2.75, 3.05) is 5.73 Å². The van der Waals surface area contributed by atoms with Crippen LogP contribution in [-0.4, -0.2) is 18.0 Å². The largest absolute Gasteiger partial charge is 0.457 e. The van der Waals surface area contributed by atoms with E-state index in [2.05, 4.69) is 37.9 Å². The number of nitrogen functional groups attached to an aromatic ring is 1. The maximum Gasteiger partial charge on any atom is 0.174 e. The second-order valence-corrected chi connectivity index (χ2v) is 6.02. The van der Waals surface area contributed by atoms with Gasteiger partial charge in [-0.1, -0.05) is 18.2 Å². The quantitative estimate of drug-likeness (QED) is 0.497. The van der Waals surface area contributed by atoms with Gasteiger partial charge in [0, 0.05) is 5.56 Å². The number of hydrogen-bond donors (Lipinski definition) is 1. The number of nitrogens with zero attached hydrogens (tertiary/aromatic N) is 4. The van der Waals surface area contributed by atoms with Gasteiger partial charge in [0.2, 0.25) is 0 Å². The number of para-hydroxylation sites is 1. The van der Waals surface area contributed by atoms with E-state index in [1.54, 1.807) is 2.90 Å². The summed E-state index contributed by atoms with van der Waals surface area (Å²) in [6.45, 7) is 0. The van der Waals surface area contributed by atoms with Gasteiger partial charge in [-0.05, 0) is 36.4 Å². The summed E-state index contributed by atoms with van der Waals surface area (Å²) in [5, 5.41) is 5.27. The number of fused-ring (bicyclic) bond motifs is 1. The molecule has 7 heteroatoms. The van der Waals surface area contributed by atoms with E-state index < -0.39 is 0 Å². The van der Waals surface area contributed by atoms with Crippen molar-refractivity contribution in [1.82, 2.24) is 18.0 Å². The predicted molar refractivity (Wildman–Crippen MR) is 101 cm³/mol. The molecule has 0 aliphatic carbocycles. The molecule has 2 aromatic heterocycles. The minimum absolute atomic E-state index is 0.419. The van der Waals surface area contributed by atoms with Crippen molar-refractivity contribution in [2.24, 2.45) is 0 Å². The van der Waals surface area contributed by atoms with Crippen molar-refractivity contribution >= 4 is 39.7 Å². The Kier molecular flexibility index (Phi) is 3.77. The van der Waals surface area contributed by atoms with Gasteiger partial charge in [-0.3, -0.25) is 0 Å². The summed E-state index contributed by atoms with van der Waals surface area (Å²) >= 11 is 2.08. The maximum absolute atomic E-state index is 6.01. The first-order chi connectivity index (χ1) is 11.7. The smallest absolute Gasteiger partial charge is 0.174 e. The van der Waals surface area contributed by atoms with Crippen LogP contribution < -0.4 is 10.5 Å². The van der Waals surface area contributed by atoms with E-state index in [-0.39, 0.29) is 0 Å². The topological polar surface area (TPSA) is 78.8 Å². The fourth-order valence-corrected chi connectivity index (χ4v) is 3.03. The second-order valence-electron chi connectivity index (χ2n) is 5.11. The van der Waals surface area contributed by atoms with Crippen molar-refractivity contribution in [1.29, 1.82) is 0 Å². The summed E-state index contributed by atoms with van der Waals surface area (Å²) in [6.07, 6.45) is 1.44. The minimum Gasteiger partial charge on any atom is -0.457 e. The molecule has 4 aromatic rings. The lowest BCUT2D eigenvalue weighted by atomic mass is 10.1. The Morgan fingerprint density at radius 1 is 0.917 bits per heavy atom. The molecule has 2 N–H and O–H groups in total. The zero-order valence-corrected chi connectivity index (χ0v) is 14.6. The maximum atomic E-state index is 6.01. The summed E-state index contributed by atoms with van der Waals surface area (Å²) in [6, 6.07) is 17.4. The lowest BCUT2D eigenvalue weighted by molar-refractivity contribution is 0.483. The highest BCUT2D eigenvalue weighted by atomic mass is 127. The number of anilines is 1. The van der Waals surface area contributed by atoms with Gasteiger partial charge >= 0.3 is 0 Å². The molecular weight excluding hydrogens is 417 g/mol. The van der Waals surface area contributed by atoms with E-state index in [9.17, 15) is 0 Å². The van der Waals surface area contributed by atoms with Crippen LogP contribution in [0.5, 0.6) is 11.5 Å². The van der Waals surface area contributed by atoms with Gasteiger partial charge in [0.05, 0.1) is 28.3 Å². The average Bonchev–Trinajstić information content (AvgIpc) is 2.95. The molecule has 0 aliphatic heterocycles. The third-order valence-corrected chi connectivity index (χ3v) is 4.24. The highest BCUT2D eigenvalue weighted by Gasteiger charge is 2.15. The minimum atomic E-state index is 0.419. The van der Waals surface area contributed by atoms with Crippen LogP contribution in [0.1, 0.15) is 0 Å². The fourth-order valence-electron chi connectivity index (χ4n) is 2.45. The number of ether oxygens (including phenoxy) is 1. The van der Waals surface area contributed by atoms with Crippen LogP contribution in [0.3, 0.4) is 0 Å². The Balaban J connectivity index is 1.71. The fraction of sp³-hybridized carbons (Fsp3) is 0. The Bertz CT molecular complexity index is 999. The first-order valence-corrected chi connectivity index (χ1v) is 8.17. The predicted octanol–water partition coefficient (Wildman–Crippen LogP) is 4.07. The summed E-state index contributed by atoms with van der Waals surface area (Å²) < 4.78 is 7.48. The summed E-state index contributed by atoms with van der Waals surface area (Å²) in [5.41, 5.74) is 8.39. The van der Waals surface area contributed by atoms with E-state index in [0.29, 0.717) is 11.5 Å². The van der Waals surface area contributed by atoms with Crippen LogP contribution in [0.4, 0.5) is 5.82 Å². The van der Waals surface area contributed by atoms with E-state index in [4.69, 9.17) is 10.5 Å². The molecule has 118 valence electrons. The molecule has 4 rings (SSSR count). The highest BCUT2D eigenvalue weighted by molar-refractivity contribution is 14.1. The molecule has 0 unspecified atom stereocenters. The van der Waals surface area contributed by atoms with Crippen molar-refractivity contribution in [3.05, 3.63) is 60.9 Å². The molecule has 0 saturated heterocycles. The van der Waals surface area contributed by atoms with Gasteiger partial charge in [0.25, 0.3) is 0 Å². The Morgan fingerprint density at radius 2 is 1.62 bits per heavy atom. The third-order valence-electron chi connectivity index (χ3n) is 3.56. The van der Waals surface area contributed by atoms with E-state index >= 15 is 0 Å². The van der Waals surface area contributed by atoms with E-state index in [1.165, 1.54) is 6.33 Å². The van der Waals surface area contributed by atoms with Crippen LogP contribution in [0.25, 0.3) is 22.3 Å². The molecule has 0 saturated carbocycles. The summed E-state index contributed by atoms with van der Waals surface area (Å²) in [5.74, 6) is 1.97. The Morgan fingerprint density at radius 3 is 2.38 bits per heavy atom. The molecule has 0 fully saturated rings. The second kappa shape index (κ2) is 6.08. The van der Waals surface area contributed by atoms with Crippen molar-refractivity contribution in [3.8, 4) is 22.8 Å². The monoisotopic (exact) mass is 429 g/mol. The molecule has 0 amide bonds. The van der Waals surface area contributed by atoms with Crippen molar-refractivity contribution in [2.45, 2.75) is 0 Å². The molecule has 0 spiro atoms. The number of aromatic nitrogens is 4. The van der Waals surface area contributed by atoms with Gasteiger partial charge in [0.1, 0.15) is 29.3 Å². The molecule has 2 aromatic carbocycles. The molecule has 2 heterocycles. The van der Waals surface area contributed by atoms with Crippen LogP contribution in [0.15, 0.2) is 60.9 Å². The lowest BCUT2D eigenvalue weighted by Crippen LogP contribution is -1.93. The van der Waals surface area contributed by atoms with E-state index in [0.717, 1.165) is 28.1 Å². The number of hydrogen-bond acceptors (Lipinski definition) is 5. The SMILES string of the molecule is Nc1ncnc2c1c(-c1ccc(Oc3ccccc3)cc1)nn2I. The van der Waals surface area contributed by atoms with Gasteiger partial charge in [-0.25, -0.2) is 9.97 Å². The van der Waals surface area contributed by atoms with Crippen LogP contribution >= 0.6 is 22.9 Å². The van der Waals surface area contributed by atoms with Crippen molar-refractivity contribution < 1.29 is 4.74 Å². The molecule has 0 aliphatic rings. The normalized spacial score (nSPS) is 10.9. The van der Waals surface area contributed by atoms with Gasteiger partial charge in [-0.2, -0.15) is 7.99 Å². The number of benzene rings is 2. The van der Waals surface area contributed by atoms with Crippen LogP contribution in [0.2, 0.25) is 0 Å². The zero-order valence-electron chi connectivity index (χ0n) is 12.4. The standard InChI is InChI=1S/C17H12IN5O/c18-23-17-14(16(19)20-10-21-17)15(22-23)11-6-8-13(9-7-11)24-12-4-2-1-3-5-12/h1-10H,(H2,19,20,21). The summed E-state index contributed by atoms with van der Waals surface area (Å²) in [4.78, 5) is 8.30. The molecule has 0 radical (unpaired) electrons. The first-order valence-electron chi connectivity index (χ1n) is 7.21. The van der Waals surface area contributed by atoms with Crippen LogP contribution in [-0.2, 0) is 0 Å². The first kappa shape index (κ1) is 14.9. The van der Waals surface area contributed by atoms with Gasteiger partial charge in [0.15, 0.2) is 5.65 Å². The zero-order chi connectivity index (χ0) is 16.5. The van der Waals surface area contributed by atoms with Gasteiger partial charge in [-0.15, -0.1) is 0 Å². The van der Waals surface area contributed by atoms with Gasteiger partial charge < -0.3 is 10.5 Å². The Hall–Kier alpha value is -2.68. The molecular formula is C17H12IN5O. The highest BCUT2D eigenvalue weighted by Crippen LogP contribution is 2.32. The van der Waals surface area contributed by atoms with E-state index in [1.807, 2.05) is 54.6 Å². The van der Waals surface area contributed by atoms with Crippen LogP contribution in [0, 0.1) is 0 Å².